The lowest BCUT2D eigenvalue weighted by atomic mass is 10.1. The summed E-state index contributed by atoms with van der Waals surface area (Å²) in [6, 6.07) is 7.83. The van der Waals surface area contributed by atoms with Crippen LogP contribution in [0.5, 0.6) is 0 Å². The van der Waals surface area contributed by atoms with E-state index in [0.29, 0.717) is 0 Å². The van der Waals surface area contributed by atoms with Crippen molar-refractivity contribution in [3.8, 4) is 11.4 Å². The molecular formula is C11H7N2O. The van der Waals surface area contributed by atoms with Gasteiger partial charge in [0, 0.05) is 17.1 Å². The molecule has 1 aromatic carbocycles. The van der Waals surface area contributed by atoms with E-state index in [-0.39, 0.29) is 0 Å². The maximum Gasteiger partial charge on any atom is 0.138 e. The number of fused-ring (bicyclic) bond motifs is 1. The Bertz CT molecular complexity index is 551. The number of benzene rings is 1. The summed E-state index contributed by atoms with van der Waals surface area (Å²) < 4.78 is 5.30. The summed E-state index contributed by atoms with van der Waals surface area (Å²) in [5.74, 6) is 0.817. The molecule has 0 aliphatic heterocycles. The first-order chi connectivity index (χ1) is 6.95. The summed E-state index contributed by atoms with van der Waals surface area (Å²) in [4.78, 5) is 7.12. The van der Waals surface area contributed by atoms with Gasteiger partial charge < -0.3 is 9.40 Å². The Hall–Kier alpha value is -2.03. The fraction of sp³-hybridized carbons (Fsp3) is 0. The quantitative estimate of drug-likeness (QED) is 0.630. The highest BCUT2D eigenvalue weighted by atomic mass is 16.3. The van der Waals surface area contributed by atoms with Crippen molar-refractivity contribution in [3.05, 3.63) is 42.9 Å². The van der Waals surface area contributed by atoms with Gasteiger partial charge in [-0.15, -0.1) is 0 Å². The highest BCUT2D eigenvalue weighted by Gasteiger charge is 2.06. The third-order valence-electron chi connectivity index (χ3n) is 2.20. The number of H-pyrrole nitrogens is 1. The van der Waals surface area contributed by atoms with Crippen LogP contribution >= 0.6 is 0 Å². The van der Waals surface area contributed by atoms with Crippen molar-refractivity contribution in [2.24, 2.45) is 0 Å². The molecule has 0 amide bonds. The van der Waals surface area contributed by atoms with Gasteiger partial charge in [-0.1, -0.05) is 12.1 Å². The van der Waals surface area contributed by atoms with E-state index in [1.165, 1.54) is 0 Å². The third-order valence-corrected chi connectivity index (χ3v) is 2.20. The molecule has 1 N–H and O–H groups in total. The second-order valence-corrected chi connectivity index (χ2v) is 3.02. The van der Waals surface area contributed by atoms with Crippen LogP contribution in [0, 0.1) is 6.20 Å². The fourth-order valence-electron chi connectivity index (χ4n) is 1.57. The Kier molecular flexibility index (Phi) is 1.44. The molecule has 0 fully saturated rings. The Labute approximate surface area is 80.4 Å². The van der Waals surface area contributed by atoms with E-state index in [4.69, 9.17) is 4.42 Å². The third kappa shape index (κ3) is 0.956. The lowest BCUT2D eigenvalue weighted by Gasteiger charge is -1.97. The first kappa shape index (κ1) is 7.38. The van der Waals surface area contributed by atoms with Gasteiger partial charge in [-0.2, -0.15) is 0 Å². The smallest absolute Gasteiger partial charge is 0.138 e. The topological polar surface area (TPSA) is 41.8 Å². The number of hydrogen-bond donors (Lipinski definition) is 1. The van der Waals surface area contributed by atoms with Crippen LogP contribution in [0.3, 0.4) is 0 Å². The molecule has 3 heteroatoms. The van der Waals surface area contributed by atoms with Crippen LogP contribution < -0.4 is 0 Å². The van der Waals surface area contributed by atoms with Crippen LogP contribution in [0.25, 0.3) is 22.4 Å². The van der Waals surface area contributed by atoms with Gasteiger partial charge in [-0.05, 0) is 12.1 Å². The normalized spacial score (nSPS) is 10.9. The van der Waals surface area contributed by atoms with Crippen LogP contribution in [-0.2, 0) is 0 Å². The maximum absolute atomic E-state index is 5.30. The summed E-state index contributed by atoms with van der Waals surface area (Å²) in [7, 11) is 0. The molecule has 0 aliphatic rings. The zero-order valence-electron chi connectivity index (χ0n) is 7.32. The molecular weight excluding hydrogens is 176 g/mol. The maximum atomic E-state index is 5.30. The number of furan rings is 1. The second-order valence-electron chi connectivity index (χ2n) is 3.02. The Balaban J connectivity index is 2.36. The van der Waals surface area contributed by atoms with E-state index >= 15 is 0 Å². The first-order valence-corrected chi connectivity index (χ1v) is 4.33. The number of hydrogen-bond acceptors (Lipinski definition) is 2. The molecule has 3 nitrogen and oxygen atoms in total. The predicted molar refractivity (Wildman–Crippen MR) is 52.6 cm³/mol. The molecule has 0 spiro atoms. The van der Waals surface area contributed by atoms with Gasteiger partial charge in [0.25, 0.3) is 0 Å². The number of nitrogens with one attached hydrogen (secondary N) is 1. The number of nitrogens with zero attached hydrogens (tertiary/aromatic N) is 1. The highest BCUT2D eigenvalue weighted by molar-refractivity contribution is 5.91. The van der Waals surface area contributed by atoms with Gasteiger partial charge in [0.2, 0.25) is 0 Å². The summed E-state index contributed by atoms with van der Waals surface area (Å²) >= 11 is 0. The lowest BCUT2D eigenvalue weighted by Crippen LogP contribution is -1.80. The van der Waals surface area contributed by atoms with Gasteiger partial charge in [-0.3, -0.25) is 0 Å². The molecule has 0 saturated heterocycles. The van der Waals surface area contributed by atoms with Crippen molar-refractivity contribution in [1.82, 2.24) is 9.97 Å². The van der Waals surface area contributed by atoms with Crippen LogP contribution in [0.15, 0.2) is 41.1 Å². The molecule has 0 saturated carbocycles. The Morgan fingerprint density at radius 1 is 1.29 bits per heavy atom. The highest BCUT2D eigenvalue weighted by Crippen LogP contribution is 2.26. The molecule has 0 unspecified atom stereocenters. The largest absolute Gasteiger partial charge is 0.464 e. The molecule has 3 aromatic rings. The number of aromatic nitrogens is 2. The summed E-state index contributed by atoms with van der Waals surface area (Å²) in [5, 5.41) is 1.07. The summed E-state index contributed by atoms with van der Waals surface area (Å²) in [6.45, 7) is 0. The van der Waals surface area contributed by atoms with Gasteiger partial charge in [0.1, 0.15) is 17.6 Å². The minimum absolute atomic E-state index is 0.817. The van der Waals surface area contributed by atoms with Crippen molar-refractivity contribution in [2.75, 3.05) is 0 Å². The van der Waals surface area contributed by atoms with Crippen molar-refractivity contribution in [2.45, 2.75) is 0 Å². The van der Waals surface area contributed by atoms with Crippen LogP contribution in [0.1, 0.15) is 0 Å². The van der Waals surface area contributed by atoms with E-state index in [1.54, 1.807) is 12.5 Å². The molecule has 1 radical (unpaired) electrons. The van der Waals surface area contributed by atoms with E-state index in [2.05, 4.69) is 16.2 Å². The minimum atomic E-state index is 0.817. The summed E-state index contributed by atoms with van der Waals surface area (Å²) in [6.07, 6.45) is 6.12. The average molecular weight is 183 g/mol. The second kappa shape index (κ2) is 2.73. The monoisotopic (exact) mass is 183 g/mol. The predicted octanol–water partition coefficient (Wildman–Crippen LogP) is 2.62. The van der Waals surface area contributed by atoms with Crippen LogP contribution in [0.2, 0.25) is 0 Å². The van der Waals surface area contributed by atoms with Crippen molar-refractivity contribution < 1.29 is 4.42 Å². The lowest BCUT2D eigenvalue weighted by molar-refractivity contribution is 0.616. The zero-order valence-corrected chi connectivity index (χ0v) is 7.32. The van der Waals surface area contributed by atoms with Crippen LogP contribution in [0.4, 0.5) is 0 Å². The van der Waals surface area contributed by atoms with Crippen LogP contribution in [-0.4, -0.2) is 9.97 Å². The SMILES string of the molecule is [c]1c[nH]c(-c2cccc3occc23)n1. The zero-order chi connectivity index (χ0) is 9.38. The molecule has 2 heterocycles. The van der Waals surface area contributed by atoms with E-state index in [9.17, 15) is 0 Å². The van der Waals surface area contributed by atoms with E-state index < -0.39 is 0 Å². The average Bonchev–Trinajstić information content (AvgIpc) is 2.88. The van der Waals surface area contributed by atoms with Crippen molar-refractivity contribution >= 4 is 11.0 Å². The summed E-state index contributed by atoms with van der Waals surface area (Å²) in [5.41, 5.74) is 1.91. The van der Waals surface area contributed by atoms with E-state index in [0.717, 1.165) is 22.4 Å². The molecule has 2 aromatic heterocycles. The molecule has 14 heavy (non-hydrogen) atoms. The first-order valence-electron chi connectivity index (χ1n) is 4.33. The standard InChI is InChI=1S/C11H7N2O/c1-2-9(11-12-5-6-13-11)8-4-7-14-10(8)3-1/h1-5,7H,(H,12,13). The Morgan fingerprint density at radius 2 is 2.29 bits per heavy atom. The fourth-order valence-corrected chi connectivity index (χ4v) is 1.57. The Morgan fingerprint density at radius 3 is 3.14 bits per heavy atom. The number of imidazole rings is 1. The number of rotatable bonds is 1. The van der Waals surface area contributed by atoms with Gasteiger partial charge in [0.15, 0.2) is 0 Å². The number of aromatic amines is 1. The molecule has 0 aliphatic carbocycles. The molecule has 0 atom stereocenters. The van der Waals surface area contributed by atoms with Gasteiger partial charge in [-0.25, -0.2) is 4.98 Å². The van der Waals surface area contributed by atoms with Crippen molar-refractivity contribution in [1.29, 1.82) is 0 Å². The van der Waals surface area contributed by atoms with Crippen molar-refractivity contribution in [3.63, 3.8) is 0 Å². The van der Waals surface area contributed by atoms with Gasteiger partial charge >= 0.3 is 0 Å². The van der Waals surface area contributed by atoms with Gasteiger partial charge in [0.05, 0.1) is 6.26 Å². The molecule has 0 bridgehead atoms. The minimum Gasteiger partial charge on any atom is -0.464 e. The van der Waals surface area contributed by atoms with E-state index in [1.807, 2.05) is 24.3 Å². The molecule has 3 rings (SSSR count). The molecule has 67 valence electrons.